The molecule has 0 aliphatic heterocycles. The molecule has 2 nitrogen and oxygen atoms in total. The van der Waals surface area contributed by atoms with Gasteiger partial charge in [-0.15, -0.1) is 12.4 Å². The van der Waals surface area contributed by atoms with Gasteiger partial charge < -0.3 is 11.1 Å². The lowest BCUT2D eigenvalue weighted by Crippen LogP contribution is -2.09. The number of benzene rings is 2. The monoisotopic (exact) mass is 290 g/mol. The average Bonchev–Trinajstić information content (AvgIpc) is 2.47. The lowest BCUT2D eigenvalue weighted by atomic mass is 10.0. The van der Waals surface area contributed by atoms with Crippen molar-refractivity contribution in [3.05, 3.63) is 65.7 Å². The van der Waals surface area contributed by atoms with Gasteiger partial charge in [0, 0.05) is 18.3 Å². The summed E-state index contributed by atoms with van der Waals surface area (Å²) in [6, 6.07) is 19.0. The third kappa shape index (κ3) is 4.87. The van der Waals surface area contributed by atoms with E-state index < -0.39 is 0 Å². The van der Waals surface area contributed by atoms with Crippen molar-refractivity contribution < 1.29 is 0 Å². The highest BCUT2D eigenvalue weighted by Gasteiger charge is 2.04. The molecule has 0 heterocycles. The van der Waals surface area contributed by atoms with Gasteiger partial charge in [-0.25, -0.2) is 0 Å². The molecule has 1 atom stereocenters. The first kappa shape index (κ1) is 16.5. The molecule has 0 unspecified atom stereocenters. The van der Waals surface area contributed by atoms with Crippen LogP contribution in [-0.4, -0.2) is 0 Å². The van der Waals surface area contributed by atoms with Crippen molar-refractivity contribution in [2.75, 3.05) is 5.32 Å². The summed E-state index contributed by atoms with van der Waals surface area (Å²) >= 11 is 0. The Hall–Kier alpha value is -1.51. The van der Waals surface area contributed by atoms with Crippen LogP contribution in [0.3, 0.4) is 0 Å². The Balaban J connectivity index is 0.00000200. The Morgan fingerprint density at radius 3 is 2.25 bits per heavy atom. The zero-order chi connectivity index (χ0) is 13.5. The molecule has 2 aromatic rings. The molecule has 20 heavy (non-hydrogen) atoms. The molecule has 3 N–H and O–H groups in total. The molecule has 108 valence electrons. The van der Waals surface area contributed by atoms with E-state index in [0.717, 1.165) is 25.1 Å². The van der Waals surface area contributed by atoms with Gasteiger partial charge in [-0.3, -0.25) is 0 Å². The van der Waals surface area contributed by atoms with Crippen molar-refractivity contribution in [2.24, 2.45) is 5.73 Å². The highest BCUT2D eigenvalue weighted by molar-refractivity contribution is 5.85. The smallest absolute Gasteiger partial charge is 0.0400 e. The first-order valence-corrected chi connectivity index (χ1v) is 6.93. The maximum atomic E-state index is 6.10. The Kier molecular flexibility index (Phi) is 7.13. The van der Waals surface area contributed by atoms with Gasteiger partial charge in [-0.2, -0.15) is 0 Å². The van der Waals surface area contributed by atoms with E-state index in [2.05, 4.69) is 60.8 Å². The first-order valence-electron chi connectivity index (χ1n) is 6.93. The molecule has 0 fully saturated rings. The Morgan fingerprint density at radius 1 is 1.00 bits per heavy atom. The number of nitrogens with one attached hydrogen (secondary N) is 1. The van der Waals surface area contributed by atoms with Crippen LogP contribution in [0.15, 0.2) is 54.6 Å². The van der Waals surface area contributed by atoms with E-state index in [1.54, 1.807) is 0 Å². The molecule has 0 aromatic heterocycles. The van der Waals surface area contributed by atoms with Crippen molar-refractivity contribution in [1.29, 1.82) is 0 Å². The van der Waals surface area contributed by atoms with E-state index in [9.17, 15) is 0 Å². The fourth-order valence-corrected chi connectivity index (χ4v) is 2.13. The summed E-state index contributed by atoms with van der Waals surface area (Å²) in [7, 11) is 0. The summed E-state index contributed by atoms with van der Waals surface area (Å²) in [5, 5.41) is 3.42. The van der Waals surface area contributed by atoms with E-state index in [1.165, 1.54) is 11.1 Å². The van der Waals surface area contributed by atoms with Gasteiger partial charge in [0.1, 0.15) is 0 Å². The number of anilines is 1. The van der Waals surface area contributed by atoms with Gasteiger partial charge in [0.15, 0.2) is 0 Å². The van der Waals surface area contributed by atoms with Crippen LogP contribution in [0.2, 0.25) is 0 Å². The van der Waals surface area contributed by atoms with Gasteiger partial charge in [0.25, 0.3) is 0 Å². The maximum Gasteiger partial charge on any atom is 0.0400 e. The number of halogens is 1. The van der Waals surface area contributed by atoms with E-state index in [-0.39, 0.29) is 18.4 Å². The molecule has 0 radical (unpaired) electrons. The quantitative estimate of drug-likeness (QED) is 0.821. The van der Waals surface area contributed by atoms with Crippen LogP contribution in [0, 0.1) is 0 Å². The Labute approximate surface area is 127 Å². The maximum absolute atomic E-state index is 6.10. The minimum Gasteiger partial charge on any atom is -0.381 e. The van der Waals surface area contributed by atoms with E-state index in [1.807, 2.05) is 6.07 Å². The third-order valence-corrected chi connectivity index (χ3v) is 3.28. The lowest BCUT2D eigenvalue weighted by molar-refractivity contribution is 0.638. The normalized spacial score (nSPS) is 11.5. The highest BCUT2D eigenvalue weighted by Crippen LogP contribution is 2.18. The van der Waals surface area contributed by atoms with E-state index in [0.29, 0.717) is 0 Å². The third-order valence-electron chi connectivity index (χ3n) is 3.28. The average molecular weight is 291 g/mol. The van der Waals surface area contributed by atoms with Crippen LogP contribution in [-0.2, 0) is 6.54 Å². The molecule has 2 rings (SSSR count). The first-order chi connectivity index (χ1) is 9.29. The predicted octanol–water partition coefficient (Wildman–Crippen LogP) is 4.52. The van der Waals surface area contributed by atoms with Crippen molar-refractivity contribution in [2.45, 2.75) is 32.4 Å². The molecular weight excluding hydrogens is 268 g/mol. The molecule has 0 bridgehead atoms. The summed E-state index contributed by atoms with van der Waals surface area (Å²) in [6.45, 7) is 3.01. The Bertz CT molecular complexity index is 482. The summed E-state index contributed by atoms with van der Waals surface area (Å²) in [5.74, 6) is 0. The molecular formula is C17H23ClN2. The SMILES string of the molecule is CCC[C@@H](N)c1ccc(NCc2ccccc2)cc1.Cl. The highest BCUT2D eigenvalue weighted by atomic mass is 35.5. The van der Waals surface area contributed by atoms with Crippen LogP contribution in [0.4, 0.5) is 5.69 Å². The van der Waals surface area contributed by atoms with Crippen LogP contribution in [0.25, 0.3) is 0 Å². The van der Waals surface area contributed by atoms with Gasteiger partial charge in [-0.1, -0.05) is 55.8 Å². The predicted molar refractivity (Wildman–Crippen MR) is 89.3 cm³/mol. The summed E-state index contributed by atoms with van der Waals surface area (Å²) in [6.07, 6.45) is 2.16. The van der Waals surface area contributed by atoms with Gasteiger partial charge in [0.2, 0.25) is 0 Å². The molecule has 3 heteroatoms. The summed E-state index contributed by atoms with van der Waals surface area (Å²) < 4.78 is 0. The van der Waals surface area contributed by atoms with Crippen molar-refractivity contribution in [3.63, 3.8) is 0 Å². The molecule has 0 aliphatic carbocycles. The fraction of sp³-hybridized carbons (Fsp3) is 0.294. The van der Waals surface area contributed by atoms with Crippen molar-refractivity contribution in [3.8, 4) is 0 Å². The largest absolute Gasteiger partial charge is 0.381 e. The minimum atomic E-state index is 0. The molecule has 0 saturated carbocycles. The number of nitrogens with two attached hydrogens (primary N) is 1. The zero-order valence-corrected chi connectivity index (χ0v) is 12.7. The van der Waals surface area contributed by atoms with Crippen molar-refractivity contribution >= 4 is 18.1 Å². The molecule has 0 amide bonds. The molecule has 0 spiro atoms. The minimum absolute atomic E-state index is 0. The lowest BCUT2D eigenvalue weighted by Gasteiger charge is -2.12. The zero-order valence-electron chi connectivity index (χ0n) is 11.9. The van der Waals surface area contributed by atoms with Crippen LogP contribution in [0.5, 0.6) is 0 Å². The second-order valence-electron chi connectivity index (χ2n) is 4.86. The van der Waals surface area contributed by atoms with E-state index in [4.69, 9.17) is 5.73 Å². The van der Waals surface area contributed by atoms with Gasteiger partial charge >= 0.3 is 0 Å². The van der Waals surface area contributed by atoms with Gasteiger partial charge in [-0.05, 0) is 29.7 Å². The van der Waals surface area contributed by atoms with Crippen LogP contribution >= 0.6 is 12.4 Å². The molecule has 0 saturated heterocycles. The number of hydrogen-bond acceptors (Lipinski definition) is 2. The standard InChI is InChI=1S/C17H22N2.ClH/c1-2-6-17(18)15-9-11-16(12-10-15)19-13-14-7-4-3-5-8-14;/h3-5,7-12,17,19H,2,6,13,18H2,1H3;1H/t17-;/m1./s1. The second kappa shape index (κ2) is 8.62. The Morgan fingerprint density at radius 2 is 1.65 bits per heavy atom. The summed E-state index contributed by atoms with van der Waals surface area (Å²) in [4.78, 5) is 0. The van der Waals surface area contributed by atoms with Crippen LogP contribution in [0.1, 0.15) is 36.9 Å². The molecule has 0 aliphatic rings. The van der Waals surface area contributed by atoms with E-state index >= 15 is 0 Å². The fourth-order valence-electron chi connectivity index (χ4n) is 2.13. The summed E-state index contributed by atoms with van der Waals surface area (Å²) in [5.41, 5.74) is 9.74. The van der Waals surface area contributed by atoms with Crippen molar-refractivity contribution in [1.82, 2.24) is 0 Å². The topological polar surface area (TPSA) is 38.0 Å². The molecule has 2 aromatic carbocycles. The van der Waals surface area contributed by atoms with Gasteiger partial charge in [0.05, 0.1) is 0 Å². The number of hydrogen-bond donors (Lipinski definition) is 2. The van der Waals surface area contributed by atoms with Crippen LogP contribution < -0.4 is 11.1 Å². The second-order valence-corrected chi connectivity index (χ2v) is 4.86. The number of rotatable bonds is 6.